The zero-order valence-electron chi connectivity index (χ0n) is 14.2. The van der Waals surface area contributed by atoms with Crippen molar-refractivity contribution in [1.82, 2.24) is 9.97 Å². The fourth-order valence-electron chi connectivity index (χ4n) is 3.00. The number of hydrogen-bond acceptors (Lipinski definition) is 4. The van der Waals surface area contributed by atoms with E-state index in [1.807, 2.05) is 0 Å². The number of amides is 1. The highest BCUT2D eigenvalue weighted by Crippen LogP contribution is 2.22. The van der Waals surface area contributed by atoms with E-state index in [1.54, 1.807) is 13.0 Å². The van der Waals surface area contributed by atoms with Gasteiger partial charge < -0.3 is 10.2 Å². The molecule has 2 heterocycles. The second kappa shape index (κ2) is 7.13. The van der Waals surface area contributed by atoms with Gasteiger partial charge >= 0.3 is 0 Å². The van der Waals surface area contributed by atoms with Crippen LogP contribution in [0.15, 0.2) is 24.3 Å². The largest absolute Gasteiger partial charge is 0.356 e. The third-order valence-corrected chi connectivity index (χ3v) is 4.22. The van der Waals surface area contributed by atoms with Gasteiger partial charge in [-0.1, -0.05) is 6.92 Å². The fourth-order valence-corrected chi connectivity index (χ4v) is 3.00. The average Bonchev–Trinajstić information content (AvgIpc) is 2.57. The zero-order valence-corrected chi connectivity index (χ0v) is 14.2. The summed E-state index contributed by atoms with van der Waals surface area (Å²) >= 11 is 0. The first kappa shape index (κ1) is 17.3. The number of nitrogens with zero attached hydrogens (tertiary/aromatic N) is 3. The molecule has 1 aromatic heterocycles. The van der Waals surface area contributed by atoms with Gasteiger partial charge in [0.25, 0.3) is 5.91 Å². The van der Waals surface area contributed by atoms with E-state index in [1.165, 1.54) is 12.5 Å². The number of hydrogen-bond donors (Lipinski definition) is 1. The number of nitrogens with one attached hydrogen (secondary N) is 1. The molecule has 0 saturated carbocycles. The standard InChI is InChI=1S/C18H20F2N4O/c1-11-4-3-7-24(10-11)17-9-16(21-12(2)22-17)18(25)23-15-6-5-13(19)8-14(15)20/h5-6,8-9,11H,3-4,7,10H2,1-2H3,(H,23,25). The van der Waals surface area contributed by atoms with E-state index < -0.39 is 17.5 Å². The van der Waals surface area contributed by atoms with Crippen molar-refractivity contribution in [3.63, 3.8) is 0 Å². The molecule has 2 aromatic rings. The van der Waals surface area contributed by atoms with Gasteiger partial charge in [-0.15, -0.1) is 0 Å². The summed E-state index contributed by atoms with van der Waals surface area (Å²) < 4.78 is 26.7. The smallest absolute Gasteiger partial charge is 0.274 e. The second-order valence-corrected chi connectivity index (χ2v) is 6.43. The number of anilines is 2. The van der Waals surface area contributed by atoms with E-state index in [9.17, 15) is 13.6 Å². The van der Waals surface area contributed by atoms with Gasteiger partial charge in [0.1, 0.15) is 29.0 Å². The van der Waals surface area contributed by atoms with Crippen molar-refractivity contribution in [2.24, 2.45) is 5.92 Å². The molecule has 1 unspecified atom stereocenters. The van der Waals surface area contributed by atoms with Gasteiger partial charge in [-0.05, 0) is 37.8 Å². The Hall–Kier alpha value is -2.57. The van der Waals surface area contributed by atoms with Crippen LogP contribution < -0.4 is 10.2 Å². The van der Waals surface area contributed by atoms with Crippen LogP contribution in [-0.2, 0) is 0 Å². The highest BCUT2D eigenvalue weighted by Gasteiger charge is 2.20. The highest BCUT2D eigenvalue weighted by molar-refractivity contribution is 6.03. The SMILES string of the molecule is Cc1nc(C(=O)Nc2ccc(F)cc2F)cc(N2CCCC(C)C2)n1. The summed E-state index contributed by atoms with van der Waals surface area (Å²) in [5.41, 5.74) is 0.0697. The number of halogens is 2. The van der Waals surface area contributed by atoms with E-state index in [-0.39, 0.29) is 11.4 Å². The van der Waals surface area contributed by atoms with Gasteiger partial charge in [0.2, 0.25) is 0 Å². The number of aryl methyl sites for hydroxylation is 1. The van der Waals surface area contributed by atoms with E-state index in [4.69, 9.17) is 0 Å². The number of carbonyl (C=O) groups excluding carboxylic acids is 1. The minimum Gasteiger partial charge on any atom is -0.356 e. The maximum Gasteiger partial charge on any atom is 0.274 e. The molecular formula is C18H20F2N4O. The number of aromatic nitrogens is 2. The van der Waals surface area contributed by atoms with Crippen molar-refractivity contribution in [3.05, 3.63) is 47.4 Å². The van der Waals surface area contributed by atoms with Crippen molar-refractivity contribution < 1.29 is 13.6 Å². The molecule has 1 aliphatic rings. The third-order valence-electron chi connectivity index (χ3n) is 4.22. The molecular weight excluding hydrogens is 326 g/mol. The van der Waals surface area contributed by atoms with E-state index in [0.717, 1.165) is 31.6 Å². The number of carbonyl (C=O) groups is 1. The molecule has 25 heavy (non-hydrogen) atoms. The topological polar surface area (TPSA) is 58.1 Å². The predicted molar refractivity (Wildman–Crippen MR) is 91.7 cm³/mol. The Morgan fingerprint density at radius 3 is 2.80 bits per heavy atom. The lowest BCUT2D eigenvalue weighted by molar-refractivity contribution is 0.102. The monoisotopic (exact) mass is 346 g/mol. The molecule has 5 nitrogen and oxygen atoms in total. The minimum absolute atomic E-state index is 0.0872. The normalized spacial score (nSPS) is 17.4. The van der Waals surface area contributed by atoms with E-state index >= 15 is 0 Å². The Morgan fingerprint density at radius 1 is 1.28 bits per heavy atom. The van der Waals surface area contributed by atoms with Crippen LogP contribution in [0.3, 0.4) is 0 Å². The molecule has 0 bridgehead atoms. The van der Waals surface area contributed by atoms with Crippen molar-refractivity contribution in [2.75, 3.05) is 23.3 Å². The van der Waals surface area contributed by atoms with Crippen LogP contribution in [0.5, 0.6) is 0 Å². The Balaban J connectivity index is 1.82. The fraction of sp³-hybridized carbons (Fsp3) is 0.389. The van der Waals surface area contributed by atoms with Crippen LogP contribution in [0.2, 0.25) is 0 Å². The third kappa shape index (κ3) is 4.10. The van der Waals surface area contributed by atoms with Gasteiger partial charge in [0.15, 0.2) is 0 Å². The van der Waals surface area contributed by atoms with Gasteiger partial charge in [0, 0.05) is 25.2 Å². The minimum atomic E-state index is -0.829. The van der Waals surface area contributed by atoms with Gasteiger partial charge in [-0.3, -0.25) is 4.79 Å². The maximum absolute atomic E-state index is 13.7. The molecule has 1 fully saturated rings. The Kier molecular flexibility index (Phi) is 4.92. The van der Waals surface area contributed by atoms with Crippen LogP contribution in [-0.4, -0.2) is 29.0 Å². The lowest BCUT2D eigenvalue weighted by Gasteiger charge is -2.32. The molecule has 1 aliphatic heterocycles. The second-order valence-electron chi connectivity index (χ2n) is 6.43. The zero-order chi connectivity index (χ0) is 18.0. The summed E-state index contributed by atoms with van der Waals surface area (Å²) in [6, 6.07) is 4.61. The highest BCUT2D eigenvalue weighted by atomic mass is 19.1. The lowest BCUT2D eigenvalue weighted by atomic mass is 10.0. The molecule has 1 saturated heterocycles. The quantitative estimate of drug-likeness (QED) is 0.923. The van der Waals surface area contributed by atoms with Crippen molar-refractivity contribution in [3.8, 4) is 0 Å². The summed E-state index contributed by atoms with van der Waals surface area (Å²) in [6.45, 7) is 5.66. The number of piperidine rings is 1. The van der Waals surface area contributed by atoms with Crippen LogP contribution in [0.4, 0.5) is 20.3 Å². The lowest BCUT2D eigenvalue weighted by Crippen LogP contribution is -2.35. The first-order chi connectivity index (χ1) is 11.9. The van der Waals surface area contributed by atoms with Crippen molar-refractivity contribution in [1.29, 1.82) is 0 Å². The molecule has 0 spiro atoms. The van der Waals surface area contributed by atoms with Crippen molar-refractivity contribution in [2.45, 2.75) is 26.7 Å². The summed E-state index contributed by atoms with van der Waals surface area (Å²) in [7, 11) is 0. The molecule has 7 heteroatoms. The molecule has 3 rings (SSSR count). The maximum atomic E-state index is 13.7. The summed E-state index contributed by atoms with van der Waals surface area (Å²) in [4.78, 5) is 23.1. The first-order valence-electron chi connectivity index (χ1n) is 8.29. The molecule has 1 N–H and O–H groups in total. The van der Waals surface area contributed by atoms with Crippen LogP contribution in [0.25, 0.3) is 0 Å². The van der Waals surface area contributed by atoms with E-state index in [0.29, 0.717) is 17.6 Å². The molecule has 132 valence electrons. The predicted octanol–water partition coefficient (Wildman–Crippen LogP) is 3.55. The van der Waals surface area contributed by atoms with Gasteiger partial charge in [-0.2, -0.15) is 0 Å². The average molecular weight is 346 g/mol. The first-order valence-corrected chi connectivity index (χ1v) is 8.29. The number of benzene rings is 1. The Morgan fingerprint density at radius 2 is 2.08 bits per heavy atom. The summed E-state index contributed by atoms with van der Waals surface area (Å²) in [5, 5.41) is 2.43. The van der Waals surface area contributed by atoms with Crippen LogP contribution in [0, 0.1) is 24.5 Å². The Labute approximate surface area is 145 Å². The Bertz CT molecular complexity index is 797. The van der Waals surface area contributed by atoms with Gasteiger partial charge in [-0.25, -0.2) is 18.7 Å². The molecule has 1 atom stereocenters. The molecule has 1 amide bonds. The van der Waals surface area contributed by atoms with Crippen molar-refractivity contribution >= 4 is 17.4 Å². The summed E-state index contributed by atoms with van der Waals surface area (Å²) in [6.07, 6.45) is 2.25. The van der Waals surface area contributed by atoms with Gasteiger partial charge in [0.05, 0.1) is 5.69 Å². The number of rotatable bonds is 3. The van der Waals surface area contributed by atoms with Crippen LogP contribution in [0.1, 0.15) is 36.1 Å². The van der Waals surface area contributed by atoms with E-state index in [2.05, 4.69) is 27.1 Å². The summed E-state index contributed by atoms with van der Waals surface area (Å²) in [5.74, 6) is -0.347. The van der Waals surface area contributed by atoms with Crippen LogP contribution >= 0.6 is 0 Å². The molecule has 0 radical (unpaired) electrons. The molecule has 1 aromatic carbocycles. The molecule has 0 aliphatic carbocycles.